The molecule has 0 heterocycles. The second-order valence-corrected chi connectivity index (χ2v) is 6.24. The first kappa shape index (κ1) is 18.5. The Morgan fingerprint density at radius 1 is 1.29 bits per heavy atom. The third kappa shape index (κ3) is 4.60. The van der Waals surface area contributed by atoms with Gasteiger partial charge in [0.2, 0.25) is 0 Å². The highest BCUT2D eigenvalue weighted by Crippen LogP contribution is 2.29. The number of hydrogen-bond acceptors (Lipinski definition) is 2. The summed E-state index contributed by atoms with van der Waals surface area (Å²) in [6.07, 6.45) is 1.44. The number of halogens is 3. The van der Waals surface area contributed by atoms with Crippen LogP contribution in [0.15, 0.2) is 36.9 Å². The number of nitrogens with zero attached hydrogens (tertiary/aromatic N) is 1. The summed E-state index contributed by atoms with van der Waals surface area (Å²) in [5.74, 6) is -0.326. The van der Waals surface area contributed by atoms with Crippen molar-refractivity contribution in [2.45, 2.75) is 43.9 Å². The van der Waals surface area contributed by atoms with Gasteiger partial charge >= 0.3 is 6.18 Å². The van der Waals surface area contributed by atoms with E-state index in [-0.39, 0.29) is 23.6 Å². The summed E-state index contributed by atoms with van der Waals surface area (Å²) < 4.78 is 37.8. The Balaban J connectivity index is 2.05. The summed E-state index contributed by atoms with van der Waals surface area (Å²) in [4.78, 5) is 14.5. The topological polar surface area (TPSA) is 32.3 Å². The highest BCUT2D eigenvalue weighted by atomic mass is 19.4. The highest BCUT2D eigenvalue weighted by molar-refractivity contribution is 5.94. The van der Waals surface area contributed by atoms with E-state index >= 15 is 0 Å². The number of likely N-dealkylation sites (N-methyl/N-ethyl adjacent to an activating group) is 1. The Bertz CT molecular complexity index is 569. The molecule has 2 rings (SSSR count). The van der Waals surface area contributed by atoms with Crippen molar-refractivity contribution < 1.29 is 18.0 Å². The molecule has 0 unspecified atom stereocenters. The maximum atomic E-state index is 12.6. The largest absolute Gasteiger partial charge is 0.416 e. The second-order valence-electron chi connectivity index (χ2n) is 6.24. The van der Waals surface area contributed by atoms with E-state index in [1.54, 1.807) is 0 Å². The molecule has 3 nitrogen and oxygen atoms in total. The van der Waals surface area contributed by atoms with Gasteiger partial charge < -0.3 is 5.32 Å². The average molecular weight is 340 g/mol. The fraction of sp³-hybridized carbons (Fsp3) is 0.500. The fourth-order valence-corrected chi connectivity index (χ4v) is 3.21. The van der Waals surface area contributed by atoms with Crippen molar-refractivity contribution in [3.63, 3.8) is 0 Å². The molecule has 1 N–H and O–H groups in total. The van der Waals surface area contributed by atoms with Crippen LogP contribution in [0.3, 0.4) is 0 Å². The van der Waals surface area contributed by atoms with Gasteiger partial charge in [0, 0.05) is 24.2 Å². The summed E-state index contributed by atoms with van der Waals surface area (Å²) in [5.41, 5.74) is -0.501. The molecule has 24 heavy (non-hydrogen) atoms. The van der Waals surface area contributed by atoms with E-state index in [4.69, 9.17) is 0 Å². The van der Waals surface area contributed by atoms with Gasteiger partial charge in [-0.3, -0.25) is 9.69 Å². The first-order valence-corrected chi connectivity index (χ1v) is 8.12. The minimum absolute atomic E-state index is 0.00140. The molecular weight excluding hydrogens is 317 g/mol. The molecule has 1 amide bonds. The van der Waals surface area contributed by atoms with Crippen molar-refractivity contribution in [3.05, 3.63) is 48.0 Å². The van der Waals surface area contributed by atoms with E-state index in [0.717, 1.165) is 44.4 Å². The van der Waals surface area contributed by atoms with E-state index < -0.39 is 11.7 Å². The number of nitrogens with one attached hydrogen (secondary N) is 1. The molecule has 0 radical (unpaired) electrons. The SMILES string of the molecule is C=CCN(C)[C@@H]1CCCC[C@H]1NC(=O)c1ccc(C(F)(F)F)cc1. The molecule has 1 aromatic rings. The molecule has 0 bridgehead atoms. The Kier molecular flexibility index (Phi) is 6.04. The molecule has 1 aliphatic rings. The van der Waals surface area contributed by atoms with E-state index in [2.05, 4.69) is 16.8 Å². The van der Waals surface area contributed by atoms with Crippen LogP contribution in [-0.2, 0) is 6.18 Å². The number of benzene rings is 1. The summed E-state index contributed by atoms with van der Waals surface area (Å²) in [6.45, 7) is 4.47. The summed E-state index contributed by atoms with van der Waals surface area (Å²) >= 11 is 0. The smallest absolute Gasteiger partial charge is 0.348 e. The minimum Gasteiger partial charge on any atom is -0.348 e. The number of carbonyl (C=O) groups excluding carboxylic acids is 1. The van der Waals surface area contributed by atoms with E-state index in [0.29, 0.717) is 0 Å². The molecule has 0 aliphatic heterocycles. The maximum absolute atomic E-state index is 12.6. The second kappa shape index (κ2) is 7.83. The number of rotatable bonds is 5. The Morgan fingerprint density at radius 3 is 2.50 bits per heavy atom. The van der Waals surface area contributed by atoms with Crippen molar-refractivity contribution in [2.75, 3.05) is 13.6 Å². The van der Waals surface area contributed by atoms with Crippen LogP contribution in [0.2, 0.25) is 0 Å². The van der Waals surface area contributed by atoms with Gasteiger partial charge in [0.25, 0.3) is 5.91 Å². The molecule has 0 spiro atoms. The van der Waals surface area contributed by atoms with Crippen LogP contribution in [0.4, 0.5) is 13.2 Å². The van der Waals surface area contributed by atoms with Gasteiger partial charge in [-0.2, -0.15) is 13.2 Å². The zero-order valence-corrected chi connectivity index (χ0v) is 13.8. The molecule has 1 aliphatic carbocycles. The van der Waals surface area contributed by atoms with Gasteiger partial charge in [-0.25, -0.2) is 0 Å². The third-order valence-electron chi connectivity index (χ3n) is 4.50. The van der Waals surface area contributed by atoms with Crippen molar-refractivity contribution in [1.82, 2.24) is 10.2 Å². The third-order valence-corrected chi connectivity index (χ3v) is 4.50. The van der Waals surface area contributed by atoms with Crippen molar-refractivity contribution in [3.8, 4) is 0 Å². The number of carbonyl (C=O) groups is 1. The predicted molar refractivity (Wildman–Crippen MR) is 87.8 cm³/mol. The Hall–Kier alpha value is -1.82. The lowest BCUT2D eigenvalue weighted by molar-refractivity contribution is -0.137. The first-order chi connectivity index (χ1) is 11.3. The normalized spacial score (nSPS) is 21.5. The first-order valence-electron chi connectivity index (χ1n) is 8.12. The fourth-order valence-electron chi connectivity index (χ4n) is 3.21. The molecule has 1 fully saturated rings. The van der Waals surface area contributed by atoms with Crippen LogP contribution in [0.1, 0.15) is 41.6 Å². The summed E-state index contributed by atoms with van der Waals surface area (Å²) in [6, 6.07) is 4.55. The monoisotopic (exact) mass is 340 g/mol. The Morgan fingerprint density at radius 2 is 1.92 bits per heavy atom. The molecule has 0 aromatic heterocycles. The summed E-state index contributed by atoms with van der Waals surface area (Å²) in [5, 5.41) is 2.99. The van der Waals surface area contributed by atoms with Crippen LogP contribution < -0.4 is 5.32 Å². The van der Waals surface area contributed by atoms with Crippen molar-refractivity contribution in [2.24, 2.45) is 0 Å². The zero-order valence-electron chi connectivity index (χ0n) is 13.8. The van der Waals surface area contributed by atoms with Crippen LogP contribution in [0.5, 0.6) is 0 Å². The number of hydrogen-bond donors (Lipinski definition) is 1. The lowest BCUT2D eigenvalue weighted by atomic mass is 9.89. The van der Waals surface area contributed by atoms with E-state index in [9.17, 15) is 18.0 Å². The number of alkyl halides is 3. The van der Waals surface area contributed by atoms with Crippen molar-refractivity contribution in [1.29, 1.82) is 0 Å². The average Bonchev–Trinajstić information content (AvgIpc) is 2.55. The highest BCUT2D eigenvalue weighted by Gasteiger charge is 2.31. The van der Waals surface area contributed by atoms with Gasteiger partial charge in [0.15, 0.2) is 0 Å². The molecular formula is C18H23F3N2O. The predicted octanol–water partition coefficient (Wildman–Crippen LogP) is 3.86. The van der Waals surface area contributed by atoms with Gasteiger partial charge in [-0.15, -0.1) is 6.58 Å². The van der Waals surface area contributed by atoms with Crippen LogP contribution in [0.25, 0.3) is 0 Å². The molecule has 6 heteroatoms. The molecule has 132 valence electrons. The molecule has 1 aromatic carbocycles. The van der Waals surface area contributed by atoms with Gasteiger partial charge in [-0.1, -0.05) is 18.9 Å². The molecule has 1 saturated carbocycles. The quantitative estimate of drug-likeness (QED) is 0.826. The zero-order chi connectivity index (χ0) is 17.7. The van der Waals surface area contributed by atoms with Crippen molar-refractivity contribution >= 4 is 5.91 Å². The lowest BCUT2D eigenvalue weighted by Gasteiger charge is -2.38. The molecule has 0 saturated heterocycles. The van der Waals surface area contributed by atoms with E-state index in [1.165, 1.54) is 12.1 Å². The lowest BCUT2D eigenvalue weighted by Crippen LogP contribution is -2.52. The summed E-state index contributed by atoms with van der Waals surface area (Å²) in [7, 11) is 1.99. The van der Waals surface area contributed by atoms with Gasteiger partial charge in [-0.05, 0) is 44.2 Å². The van der Waals surface area contributed by atoms with Crippen LogP contribution in [0, 0.1) is 0 Å². The van der Waals surface area contributed by atoms with Crippen LogP contribution in [-0.4, -0.2) is 36.5 Å². The van der Waals surface area contributed by atoms with Gasteiger partial charge in [0.1, 0.15) is 0 Å². The van der Waals surface area contributed by atoms with E-state index in [1.807, 2.05) is 13.1 Å². The maximum Gasteiger partial charge on any atom is 0.416 e. The van der Waals surface area contributed by atoms with Gasteiger partial charge in [0.05, 0.1) is 5.56 Å². The Labute approximate surface area is 140 Å². The molecule has 2 atom stereocenters. The standard InChI is InChI=1S/C18H23F3N2O/c1-3-12-23(2)16-7-5-4-6-15(16)22-17(24)13-8-10-14(11-9-13)18(19,20)21/h3,8-11,15-16H,1,4-7,12H2,2H3,(H,22,24)/t15-,16-/m1/s1. The number of amides is 1. The minimum atomic E-state index is -4.39. The van der Waals surface area contributed by atoms with Crippen LogP contribution >= 0.6 is 0 Å².